The van der Waals surface area contributed by atoms with Gasteiger partial charge in [-0.25, -0.2) is 18.5 Å². The molecule has 0 saturated heterocycles. The van der Waals surface area contributed by atoms with E-state index in [0.29, 0.717) is 13.0 Å². The molecule has 0 fully saturated rings. The van der Waals surface area contributed by atoms with Crippen molar-refractivity contribution >= 4 is 54.9 Å². The number of fused-ring (bicyclic) bond motifs is 2. The first kappa shape index (κ1) is 17.5. The lowest BCUT2D eigenvalue weighted by molar-refractivity contribution is -0.116. The van der Waals surface area contributed by atoms with Gasteiger partial charge in [0.15, 0.2) is 4.34 Å². The smallest absolute Gasteiger partial charge is 0.238 e. The van der Waals surface area contributed by atoms with Gasteiger partial charge >= 0.3 is 0 Å². The van der Waals surface area contributed by atoms with E-state index in [2.05, 4.69) is 4.98 Å². The number of rotatable bonds is 4. The second-order valence-electron chi connectivity index (χ2n) is 5.87. The first-order chi connectivity index (χ1) is 12.4. The molecule has 9 heteroatoms. The summed E-state index contributed by atoms with van der Waals surface area (Å²) in [7, 11) is -3.74. The maximum atomic E-state index is 12.6. The molecule has 134 valence electrons. The van der Waals surface area contributed by atoms with Crippen LogP contribution in [0.3, 0.4) is 0 Å². The van der Waals surface area contributed by atoms with E-state index in [1.54, 1.807) is 28.4 Å². The molecule has 1 amide bonds. The number of hydrogen-bond donors (Lipinski definition) is 1. The Labute approximate surface area is 159 Å². The SMILES string of the molecule is NS(=O)(=O)c1ccc2c(c1)CCN2C(=O)CSc1nc2ccccc2s1. The number of thioether (sulfide) groups is 1. The van der Waals surface area contributed by atoms with Crippen molar-refractivity contribution < 1.29 is 13.2 Å². The Balaban J connectivity index is 1.48. The van der Waals surface area contributed by atoms with Gasteiger partial charge in [-0.15, -0.1) is 11.3 Å². The minimum atomic E-state index is -3.74. The van der Waals surface area contributed by atoms with Gasteiger partial charge in [0.05, 0.1) is 20.9 Å². The molecule has 0 radical (unpaired) electrons. The van der Waals surface area contributed by atoms with Gasteiger partial charge < -0.3 is 4.90 Å². The van der Waals surface area contributed by atoms with Gasteiger partial charge in [-0.2, -0.15) is 0 Å². The van der Waals surface area contributed by atoms with Gasteiger partial charge in [-0.3, -0.25) is 4.79 Å². The minimum absolute atomic E-state index is 0.0173. The molecule has 2 N–H and O–H groups in total. The van der Waals surface area contributed by atoms with Crippen molar-refractivity contribution in [2.24, 2.45) is 5.14 Å². The first-order valence-corrected chi connectivity index (χ1v) is 11.2. The van der Waals surface area contributed by atoms with Crippen LogP contribution in [0.4, 0.5) is 5.69 Å². The molecule has 1 aromatic heterocycles. The molecule has 0 atom stereocenters. The lowest BCUT2D eigenvalue weighted by atomic mass is 10.2. The fourth-order valence-electron chi connectivity index (χ4n) is 2.93. The molecular weight excluding hydrogens is 390 g/mol. The Kier molecular flexibility index (Phi) is 4.47. The average molecular weight is 406 g/mol. The second-order valence-corrected chi connectivity index (χ2v) is 9.68. The number of thiazole rings is 1. The van der Waals surface area contributed by atoms with Gasteiger partial charge in [0.2, 0.25) is 15.9 Å². The van der Waals surface area contributed by atoms with Crippen LogP contribution in [0.25, 0.3) is 10.2 Å². The highest BCUT2D eigenvalue weighted by atomic mass is 32.2. The Morgan fingerprint density at radius 1 is 1.27 bits per heavy atom. The van der Waals surface area contributed by atoms with Crippen LogP contribution in [0.1, 0.15) is 5.56 Å². The topological polar surface area (TPSA) is 93.4 Å². The maximum Gasteiger partial charge on any atom is 0.238 e. The fourth-order valence-corrected chi connectivity index (χ4v) is 5.44. The predicted molar refractivity (Wildman–Crippen MR) is 104 cm³/mol. The van der Waals surface area contributed by atoms with Crippen molar-refractivity contribution in [1.82, 2.24) is 4.98 Å². The molecule has 0 aliphatic carbocycles. The third-order valence-corrected chi connectivity index (χ3v) is 7.24. The standard InChI is InChI=1S/C17H15N3O3S3/c18-26(22,23)12-5-6-14-11(9-12)7-8-20(14)16(21)10-24-17-19-13-3-1-2-4-15(13)25-17/h1-6,9H,7-8,10H2,(H2,18,22,23). The van der Waals surface area contributed by atoms with Crippen molar-refractivity contribution in [1.29, 1.82) is 0 Å². The first-order valence-electron chi connectivity index (χ1n) is 7.86. The highest BCUT2D eigenvalue weighted by Gasteiger charge is 2.26. The lowest BCUT2D eigenvalue weighted by Gasteiger charge is -2.17. The maximum absolute atomic E-state index is 12.6. The quantitative estimate of drug-likeness (QED) is 0.674. The summed E-state index contributed by atoms with van der Waals surface area (Å²) in [5.41, 5.74) is 2.52. The van der Waals surface area contributed by atoms with Crippen LogP contribution >= 0.6 is 23.1 Å². The molecule has 6 nitrogen and oxygen atoms in total. The summed E-state index contributed by atoms with van der Waals surface area (Å²) in [4.78, 5) is 18.9. The summed E-state index contributed by atoms with van der Waals surface area (Å²) >= 11 is 3.00. The molecule has 1 aliphatic rings. The number of nitrogens with zero attached hydrogens (tertiary/aromatic N) is 2. The van der Waals surface area contributed by atoms with Crippen molar-refractivity contribution in [2.75, 3.05) is 17.2 Å². The summed E-state index contributed by atoms with van der Waals surface area (Å²) in [6.45, 7) is 0.544. The third-order valence-electron chi connectivity index (χ3n) is 4.17. The summed E-state index contributed by atoms with van der Waals surface area (Å²) in [5, 5.41) is 5.17. The van der Waals surface area contributed by atoms with Crippen LogP contribution in [-0.4, -0.2) is 31.6 Å². The lowest BCUT2D eigenvalue weighted by Crippen LogP contribution is -2.30. The number of anilines is 1. The minimum Gasteiger partial charge on any atom is -0.311 e. The van der Waals surface area contributed by atoms with E-state index in [1.807, 2.05) is 24.3 Å². The van der Waals surface area contributed by atoms with E-state index >= 15 is 0 Å². The molecule has 0 unspecified atom stereocenters. The van der Waals surface area contributed by atoms with Crippen LogP contribution < -0.4 is 10.0 Å². The zero-order chi connectivity index (χ0) is 18.3. The average Bonchev–Trinajstić information content (AvgIpc) is 3.21. The third kappa shape index (κ3) is 3.35. The van der Waals surface area contributed by atoms with Crippen molar-refractivity contribution in [3.05, 3.63) is 48.0 Å². The fraction of sp³-hybridized carbons (Fsp3) is 0.176. The number of hydrogen-bond acceptors (Lipinski definition) is 6. The Morgan fingerprint density at radius 2 is 2.08 bits per heavy atom. The summed E-state index contributed by atoms with van der Waals surface area (Å²) in [5.74, 6) is 0.271. The second kappa shape index (κ2) is 6.66. The number of carbonyl (C=O) groups is 1. The Morgan fingerprint density at radius 3 is 2.85 bits per heavy atom. The molecule has 26 heavy (non-hydrogen) atoms. The Hall–Kier alpha value is -1.94. The zero-order valence-electron chi connectivity index (χ0n) is 13.6. The van der Waals surface area contributed by atoms with E-state index in [0.717, 1.165) is 25.8 Å². The number of aromatic nitrogens is 1. The predicted octanol–water partition coefficient (Wildman–Crippen LogP) is 2.63. The molecule has 4 rings (SSSR count). The zero-order valence-corrected chi connectivity index (χ0v) is 16.0. The van der Waals surface area contributed by atoms with Crippen LogP contribution in [0.15, 0.2) is 51.7 Å². The molecule has 0 saturated carbocycles. The van der Waals surface area contributed by atoms with Crippen molar-refractivity contribution in [3.8, 4) is 0 Å². The molecule has 0 bridgehead atoms. The van der Waals surface area contributed by atoms with E-state index in [-0.39, 0.29) is 16.6 Å². The van der Waals surface area contributed by atoms with Crippen LogP contribution in [0, 0.1) is 0 Å². The molecular formula is C17H15N3O3S3. The van der Waals surface area contributed by atoms with Crippen molar-refractivity contribution in [2.45, 2.75) is 15.7 Å². The number of carbonyl (C=O) groups excluding carboxylic acids is 1. The number of nitrogens with two attached hydrogens (primary N) is 1. The molecule has 2 heterocycles. The summed E-state index contributed by atoms with van der Waals surface area (Å²) in [6.07, 6.45) is 0.621. The number of benzene rings is 2. The van der Waals surface area contributed by atoms with E-state index < -0.39 is 10.0 Å². The van der Waals surface area contributed by atoms with Gasteiger partial charge in [-0.1, -0.05) is 23.9 Å². The normalized spacial score (nSPS) is 14.0. The van der Waals surface area contributed by atoms with E-state index in [1.165, 1.54) is 17.8 Å². The van der Waals surface area contributed by atoms with Crippen LogP contribution in [-0.2, 0) is 21.2 Å². The summed E-state index contributed by atoms with van der Waals surface area (Å²) < 4.78 is 24.9. The van der Waals surface area contributed by atoms with Gasteiger partial charge in [-0.05, 0) is 42.3 Å². The number of sulfonamides is 1. The van der Waals surface area contributed by atoms with Crippen molar-refractivity contribution in [3.63, 3.8) is 0 Å². The monoisotopic (exact) mass is 405 g/mol. The highest BCUT2D eigenvalue weighted by Crippen LogP contribution is 2.33. The largest absolute Gasteiger partial charge is 0.311 e. The van der Waals surface area contributed by atoms with Crippen LogP contribution in [0.2, 0.25) is 0 Å². The van der Waals surface area contributed by atoms with Gasteiger partial charge in [0, 0.05) is 12.2 Å². The van der Waals surface area contributed by atoms with Crippen LogP contribution in [0.5, 0.6) is 0 Å². The number of amides is 1. The molecule has 3 aromatic rings. The molecule has 2 aromatic carbocycles. The number of primary sulfonamides is 1. The Bertz CT molecular complexity index is 1080. The number of para-hydroxylation sites is 1. The van der Waals surface area contributed by atoms with E-state index in [4.69, 9.17) is 5.14 Å². The molecule has 1 aliphatic heterocycles. The van der Waals surface area contributed by atoms with Gasteiger partial charge in [0.1, 0.15) is 0 Å². The van der Waals surface area contributed by atoms with E-state index in [9.17, 15) is 13.2 Å². The summed E-state index contributed by atoms with van der Waals surface area (Å²) in [6, 6.07) is 12.5. The highest BCUT2D eigenvalue weighted by molar-refractivity contribution is 8.01. The molecule has 0 spiro atoms. The van der Waals surface area contributed by atoms with Gasteiger partial charge in [0.25, 0.3) is 0 Å².